The highest BCUT2D eigenvalue weighted by Crippen LogP contribution is 2.12. The summed E-state index contributed by atoms with van der Waals surface area (Å²) < 4.78 is 22.6. The van der Waals surface area contributed by atoms with Crippen LogP contribution in [-0.4, -0.2) is 19.3 Å². The minimum absolute atomic E-state index is 0.0247. The molecule has 0 heterocycles. The molecule has 0 spiro atoms. The van der Waals surface area contributed by atoms with E-state index >= 15 is 0 Å². The molecular formula is C12H13NO3S2. The number of rotatable bonds is 3. The summed E-state index contributed by atoms with van der Waals surface area (Å²) >= 11 is 1.19. The topological polar surface area (TPSA) is 77.2 Å². The largest absolute Gasteiger partial charge is 0.288 e. The van der Waals surface area contributed by atoms with E-state index in [0.29, 0.717) is 17.7 Å². The summed E-state index contributed by atoms with van der Waals surface area (Å²) in [5.41, 5.74) is 0.382. The van der Waals surface area contributed by atoms with Crippen LogP contribution in [0.5, 0.6) is 0 Å². The number of hydrogen-bond donors (Lipinski definition) is 1. The normalized spacial score (nSPS) is 10.6. The van der Waals surface area contributed by atoms with E-state index in [1.54, 1.807) is 18.2 Å². The van der Waals surface area contributed by atoms with Gasteiger partial charge in [0, 0.05) is 24.7 Å². The third-order valence-electron chi connectivity index (χ3n) is 1.95. The molecule has 0 saturated carbocycles. The summed E-state index contributed by atoms with van der Waals surface area (Å²) in [6.45, 7) is 1.49. The number of carbonyl (C=O) groups is 1. The minimum Gasteiger partial charge on any atom is -0.288 e. The standard InChI is InChI=1S/C12H13NO3S2/c1-10(14)17-9-5-4-7-11-6-2-3-8-12(11)18(13,15)16/h2-3,6,8H,5,9H2,1H3,(H2,13,15,16). The average molecular weight is 283 g/mol. The van der Waals surface area contributed by atoms with Crippen molar-refractivity contribution in [3.8, 4) is 11.8 Å². The molecule has 0 aromatic heterocycles. The molecule has 0 atom stereocenters. The van der Waals surface area contributed by atoms with Gasteiger partial charge in [-0.05, 0) is 12.1 Å². The van der Waals surface area contributed by atoms with Gasteiger partial charge in [0.1, 0.15) is 0 Å². The third-order valence-corrected chi connectivity index (χ3v) is 3.73. The van der Waals surface area contributed by atoms with Crippen molar-refractivity contribution in [1.82, 2.24) is 0 Å². The first-order chi connectivity index (χ1) is 8.41. The van der Waals surface area contributed by atoms with Gasteiger partial charge in [0.05, 0.1) is 4.90 Å². The van der Waals surface area contributed by atoms with Crippen molar-refractivity contribution >= 4 is 26.9 Å². The van der Waals surface area contributed by atoms with E-state index < -0.39 is 10.0 Å². The van der Waals surface area contributed by atoms with E-state index in [2.05, 4.69) is 11.8 Å². The number of carbonyl (C=O) groups excluding carboxylic acids is 1. The molecule has 0 radical (unpaired) electrons. The molecule has 0 aliphatic carbocycles. The molecule has 6 heteroatoms. The molecular weight excluding hydrogens is 270 g/mol. The molecule has 1 rings (SSSR count). The van der Waals surface area contributed by atoms with Crippen LogP contribution >= 0.6 is 11.8 Å². The lowest BCUT2D eigenvalue weighted by atomic mass is 10.2. The van der Waals surface area contributed by atoms with Crippen molar-refractivity contribution < 1.29 is 13.2 Å². The van der Waals surface area contributed by atoms with Crippen molar-refractivity contribution in [1.29, 1.82) is 0 Å². The van der Waals surface area contributed by atoms with Crippen LogP contribution in [0.25, 0.3) is 0 Å². The van der Waals surface area contributed by atoms with Gasteiger partial charge in [-0.1, -0.05) is 35.7 Å². The summed E-state index contributed by atoms with van der Waals surface area (Å²) in [5, 5.41) is 5.13. The maximum Gasteiger partial charge on any atom is 0.239 e. The lowest BCUT2D eigenvalue weighted by Gasteiger charge is -2.00. The Hall–Kier alpha value is -1.29. The second kappa shape index (κ2) is 6.59. The van der Waals surface area contributed by atoms with Crippen molar-refractivity contribution in [2.24, 2.45) is 5.14 Å². The van der Waals surface area contributed by atoms with Crippen LogP contribution < -0.4 is 5.14 Å². The Morgan fingerprint density at radius 2 is 2.06 bits per heavy atom. The molecule has 1 aromatic carbocycles. The van der Waals surface area contributed by atoms with Crippen LogP contribution in [0.2, 0.25) is 0 Å². The maximum atomic E-state index is 11.3. The molecule has 96 valence electrons. The zero-order valence-electron chi connectivity index (χ0n) is 9.84. The molecule has 2 N–H and O–H groups in total. The van der Waals surface area contributed by atoms with Crippen LogP contribution in [0.15, 0.2) is 29.2 Å². The van der Waals surface area contributed by atoms with Gasteiger partial charge in [0.2, 0.25) is 10.0 Å². The first-order valence-electron chi connectivity index (χ1n) is 5.15. The summed E-state index contributed by atoms with van der Waals surface area (Å²) in [6, 6.07) is 6.31. The van der Waals surface area contributed by atoms with Gasteiger partial charge in [-0.15, -0.1) is 0 Å². The summed E-state index contributed by atoms with van der Waals surface area (Å²) in [6.07, 6.45) is 0.517. The van der Waals surface area contributed by atoms with Crippen molar-refractivity contribution in [2.75, 3.05) is 5.75 Å². The van der Waals surface area contributed by atoms with Gasteiger partial charge in [-0.2, -0.15) is 0 Å². The molecule has 0 fully saturated rings. The minimum atomic E-state index is -3.75. The molecule has 0 aliphatic heterocycles. The van der Waals surface area contributed by atoms with E-state index in [4.69, 9.17) is 5.14 Å². The zero-order chi connectivity index (χ0) is 13.6. The van der Waals surface area contributed by atoms with Crippen LogP contribution in [0.1, 0.15) is 18.9 Å². The number of hydrogen-bond acceptors (Lipinski definition) is 4. The first kappa shape index (κ1) is 14.8. The summed E-state index contributed by atoms with van der Waals surface area (Å²) in [4.78, 5) is 10.7. The average Bonchev–Trinajstić information content (AvgIpc) is 2.27. The molecule has 1 aromatic rings. The van der Waals surface area contributed by atoms with Crippen molar-refractivity contribution in [3.63, 3.8) is 0 Å². The van der Waals surface area contributed by atoms with Gasteiger partial charge in [0.15, 0.2) is 5.12 Å². The van der Waals surface area contributed by atoms with Crippen LogP contribution in [0.4, 0.5) is 0 Å². The van der Waals surface area contributed by atoms with E-state index in [-0.39, 0.29) is 10.0 Å². The summed E-state index contributed by atoms with van der Waals surface area (Å²) in [7, 11) is -3.75. The molecule has 0 aliphatic rings. The van der Waals surface area contributed by atoms with Crippen LogP contribution in [-0.2, 0) is 14.8 Å². The first-order valence-corrected chi connectivity index (χ1v) is 7.68. The fourth-order valence-electron chi connectivity index (χ4n) is 1.22. The molecule has 0 amide bonds. The van der Waals surface area contributed by atoms with Gasteiger partial charge < -0.3 is 0 Å². The van der Waals surface area contributed by atoms with Crippen LogP contribution in [0.3, 0.4) is 0 Å². The van der Waals surface area contributed by atoms with Crippen LogP contribution in [0, 0.1) is 11.8 Å². The fraction of sp³-hybridized carbons (Fsp3) is 0.250. The lowest BCUT2D eigenvalue weighted by molar-refractivity contribution is -0.109. The summed E-state index contributed by atoms with van der Waals surface area (Å²) in [5.74, 6) is 6.18. The second-order valence-corrected chi connectivity index (χ2v) is 6.23. The Labute approximate surface area is 111 Å². The van der Waals surface area contributed by atoms with Gasteiger partial charge in [0.25, 0.3) is 0 Å². The van der Waals surface area contributed by atoms with E-state index in [1.807, 2.05) is 0 Å². The Kier molecular flexibility index (Phi) is 5.41. The number of primary sulfonamides is 1. The molecule has 4 nitrogen and oxygen atoms in total. The fourth-order valence-corrected chi connectivity index (χ4v) is 2.41. The SMILES string of the molecule is CC(=O)SCCC#Cc1ccccc1S(N)(=O)=O. The highest BCUT2D eigenvalue weighted by molar-refractivity contribution is 8.13. The quantitative estimate of drug-likeness (QED) is 0.671. The third kappa shape index (κ3) is 4.92. The predicted octanol–water partition coefficient (Wildman–Crippen LogP) is 1.36. The van der Waals surface area contributed by atoms with Crippen molar-refractivity contribution in [2.45, 2.75) is 18.2 Å². The zero-order valence-corrected chi connectivity index (χ0v) is 11.5. The van der Waals surface area contributed by atoms with Gasteiger partial charge in [-0.3, -0.25) is 4.79 Å². The van der Waals surface area contributed by atoms with Gasteiger partial charge >= 0.3 is 0 Å². The van der Waals surface area contributed by atoms with Crippen molar-refractivity contribution in [3.05, 3.63) is 29.8 Å². The Bertz CT molecular complexity index is 597. The van der Waals surface area contributed by atoms with Gasteiger partial charge in [-0.25, -0.2) is 13.6 Å². The number of nitrogens with two attached hydrogens (primary N) is 1. The molecule has 0 bridgehead atoms. The monoisotopic (exact) mass is 283 g/mol. The van der Waals surface area contributed by atoms with E-state index in [0.717, 1.165) is 0 Å². The van der Waals surface area contributed by atoms with E-state index in [9.17, 15) is 13.2 Å². The second-order valence-electron chi connectivity index (χ2n) is 3.43. The van der Waals surface area contributed by atoms with E-state index in [1.165, 1.54) is 24.8 Å². The number of thioether (sulfide) groups is 1. The maximum absolute atomic E-state index is 11.3. The lowest BCUT2D eigenvalue weighted by Crippen LogP contribution is -2.13. The predicted molar refractivity (Wildman–Crippen MR) is 72.4 cm³/mol. The highest BCUT2D eigenvalue weighted by atomic mass is 32.2. The number of benzene rings is 1. The molecule has 0 unspecified atom stereocenters. The highest BCUT2D eigenvalue weighted by Gasteiger charge is 2.10. The Morgan fingerprint density at radius 1 is 1.39 bits per heavy atom. The Morgan fingerprint density at radius 3 is 2.67 bits per heavy atom. The molecule has 18 heavy (non-hydrogen) atoms. The molecule has 0 saturated heterocycles. The Balaban J connectivity index is 2.80. The smallest absolute Gasteiger partial charge is 0.239 e. The number of sulfonamides is 1.